The summed E-state index contributed by atoms with van der Waals surface area (Å²) in [6, 6.07) is 15.7. The number of nitrogens with two attached hydrogens (primary N) is 1. The van der Waals surface area contributed by atoms with Crippen molar-refractivity contribution in [3.05, 3.63) is 71.8 Å². The molecule has 4 atom stereocenters. The van der Waals surface area contributed by atoms with Crippen molar-refractivity contribution < 1.29 is 47.4 Å². The van der Waals surface area contributed by atoms with Crippen LogP contribution in [-0.2, 0) is 43.9 Å². The summed E-state index contributed by atoms with van der Waals surface area (Å²) in [5.41, 5.74) is 5.58. The highest BCUT2D eigenvalue weighted by molar-refractivity contribution is 7.54. The second-order valence-corrected chi connectivity index (χ2v) is 13.9. The van der Waals surface area contributed by atoms with Crippen LogP contribution >= 0.6 is 7.60 Å². The second kappa shape index (κ2) is 16.7. The molecule has 0 saturated carbocycles. The molecule has 2 aromatic rings. The molecule has 1 aliphatic rings. The fraction of sp³-hybridized carbons (Fsp3) is 0.500. The number of rotatable bonds is 16. The maximum Gasteiger partial charge on any atom is 0.374 e. The van der Waals surface area contributed by atoms with Gasteiger partial charge in [-0.1, -0.05) is 48.5 Å². The summed E-state index contributed by atoms with van der Waals surface area (Å²) in [6.07, 6.45) is 0.132. The molecule has 1 aliphatic heterocycles. The Hall–Kier alpha value is -3.57. The van der Waals surface area contributed by atoms with E-state index in [1.807, 2.05) is 0 Å². The van der Waals surface area contributed by atoms with Crippen LogP contribution in [0.15, 0.2) is 60.7 Å². The Bertz CT molecular complexity index is 1330. The number of ether oxygens (including phenoxy) is 2. The number of likely N-dealkylation sites (tertiary alicyclic amines) is 1. The number of hydrogen-bond acceptors (Lipinski definition) is 10. The summed E-state index contributed by atoms with van der Waals surface area (Å²) in [5, 5.41) is 9.72. The molecular weight excluding hydrogens is 603 g/mol. The Labute approximate surface area is 263 Å². The highest BCUT2D eigenvalue weighted by Gasteiger charge is 2.46. The second-order valence-electron chi connectivity index (χ2n) is 11.8. The van der Waals surface area contributed by atoms with Gasteiger partial charge in [0.1, 0.15) is 12.1 Å². The van der Waals surface area contributed by atoms with Crippen molar-refractivity contribution in [2.45, 2.75) is 77.3 Å². The molecule has 0 aliphatic carbocycles. The fourth-order valence-corrected chi connectivity index (χ4v) is 6.47. The zero-order valence-electron chi connectivity index (χ0n) is 26.0. The quantitative estimate of drug-likeness (QED) is 0.111. The maximum absolute atomic E-state index is 14.9. The average Bonchev–Trinajstić information content (AvgIpc) is 3.51. The highest BCUT2D eigenvalue weighted by Crippen LogP contribution is 2.56. The lowest BCUT2D eigenvalue weighted by Crippen LogP contribution is -2.46. The predicted molar refractivity (Wildman–Crippen MR) is 165 cm³/mol. The molecule has 246 valence electrons. The molecule has 0 aromatic heterocycles. The van der Waals surface area contributed by atoms with Crippen molar-refractivity contribution >= 4 is 31.4 Å². The molecule has 45 heavy (non-hydrogen) atoms. The van der Waals surface area contributed by atoms with Crippen LogP contribution in [0.4, 0.5) is 0 Å². The number of aliphatic carboxylic acids is 1. The smallest absolute Gasteiger partial charge is 0.374 e. The van der Waals surface area contributed by atoms with Crippen LogP contribution < -0.4 is 5.73 Å². The van der Waals surface area contributed by atoms with Gasteiger partial charge in [0.2, 0.25) is 12.6 Å². The van der Waals surface area contributed by atoms with Gasteiger partial charge >= 0.3 is 25.5 Å². The van der Waals surface area contributed by atoms with Crippen LogP contribution in [0.3, 0.4) is 0 Å². The van der Waals surface area contributed by atoms with Crippen molar-refractivity contribution in [1.82, 2.24) is 4.90 Å². The molecule has 1 fully saturated rings. The van der Waals surface area contributed by atoms with Crippen LogP contribution in [0.25, 0.3) is 0 Å². The minimum absolute atomic E-state index is 0.0404. The minimum Gasteiger partial charge on any atom is -0.480 e. The fourth-order valence-electron chi connectivity index (χ4n) is 4.70. The van der Waals surface area contributed by atoms with Gasteiger partial charge in [0.05, 0.1) is 11.0 Å². The van der Waals surface area contributed by atoms with E-state index in [2.05, 4.69) is 0 Å². The summed E-state index contributed by atoms with van der Waals surface area (Å²) in [5.74, 6) is -4.87. The van der Waals surface area contributed by atoms with Gasteiger partial charge in [0, 0.05) is 13.0 Å². The number of benzene rings is 2. The van der Waals surface area contributed by atoms with E-state index >= 15 is 0 Å². The van der Waals surface area contributed by atoms with Crippen molar-refractivity contribution in [1.29, 1.82) is 0 Å². The number of carbonyl (C=O) groups excluding carboxylic acids is 3. The SMILES string of the molecule is CC(C)(C)C(=O)OCOP(=O)(OC(CCCCN)C(=O)N1CCC[C@H]1C(=O)O)[C@@H](Cc1ccccc1)OC(=O)c1ccccc1. The molecule has 0 bridgehead atoms. The predicted octanol–water partition coefficient (Wildman–Crippen LogP) is 4.76. The van der Waals surface area contributed by atoms with E-state index in [1.165, 1.54) is 17.0 Å². The number of hydrogen-bond donors (Lipinski definition) is 2. The first kappa shape index (κ1) is 35.9. The third-order valence-corrected chi connectivity index (χ3v) is 9.19. The number of carboxylic acids is 1. The summed E-state index contributed by atoms with van der Waals surface area (Å²) >= 11 is 0. The Balaban J connectivity index is 2.02. The molecule has 3 N–H and O–H groups in total. The zero-order valence-corrected chi connectivity index (χ0v) is 26.9. The number of carbonyl (C=O) groups is 4. The number of carboxylic acid groups (broad SMARTS) is 1. The van der Waals surface area contributed by atoms with Gasteiger partial charge in [-0.15, -0.1) is 0 Å². The molecular formula is C32H43N2O10P. The van der Waals surface area contributed by atoms with E-state index < -0.39 is 61.6 Å². The summed E-state index contributed by atoms with van der Waals surface area (Å²) in [4.78, 5) is 52.7. The van der Waals surface area contributed by atoms with Gasteiger partial charge in [-0.2, -0.15) is 0 Å². The van der Waals surface area contributed by atoms with Gasteiger partial charge in [-0.25, -0.2) is 9.59 Å². The molecule has 2 aromatic carbocycles. The van der Waals surface area contributed by atoms with Crippen molar-refractivity contribution in [2.24, 2.45) is 11.1 Å². The topological polar surface area (TPSA) is 172 Å². The van der Waals surface area contributed by atoms with Crippen molar-refractivity contribution in [3.8, 4) is 0 Å². The molecule has 1 amide bonds. The summed E-state index contributed by atoms with van der Waals surface area (Å²) in [6.45, 7) is 4.58. The molecule has 1 heterocycles. The monoisotopic (exact) mass is 646 g/mol. The molecule has 1 saturated heterocycles. The standard InChI is InChI=1S/C32H43N2O10P/c1-32(2,3)31(39)41-22-42-45(40,44-26(18-10-11-19-33)28(35)34-20-12-17-25(34)29(36)37)27(21-23-13-6-4-7-14-23)43-30(38)24-15-8-5-9-16-24/h4-9,13-16,25-27H,10-12,17-22,33H2,1-3H3,(H,36,37)/t25-,26?,27-,45?/m0/s1. The minimum atomic E-state index is -4.67. The first-order chi connectivity index (χ1) is 21.4. The lowest BCUT2D eigenvalue weighted by atomic mass is 9.98. The van der Waals surface area contributed by atoms with E-state index in [-0.39, 0.29) is 31.4 Å². The molecule has 0 spiro atoms. The van der Waals surface area contributed by atoms with E-state index in [1.54, 1.807) is 69.3 Å². The summed E-state index contributed by atoms with van der Waals surface area (Å²) < 4.78 is 37.7. The van der Waals surface area contributed by atoms with Gasteiger partial charge < -0.3 is 25.2 Å². The zero-order chi connectivity index (χ0) is 33.0. The van der Waals surface area contributed by atoms with Crippen LogP contribution in [0, 0.1) is 5.41 Å². The summed E-state index contributed by atoms with van der Waals surface area (Å²) in [7, 11) is -4.67. The Morgan fingerprint density at radius 2 is 1.67 bits per heavy atom. The number of esters is 2. The lowest BCUT2D eigenvalue weighted by Gasteiger charge is -2.32. The first-order valence-electron chi connectivity index (χ1n) is 15.0. The van der Waals surface area contributed by atoms with Crippen LogP contribution in [0.5, 0.6) is 0 Å². The Morgan fingerprint density at radius 3 is 2.27 bits per heavy atom. The highest BCUT2D eigenvalue weighted by atomic mass is 31.2. The largest absolute Gasteiger partial charge is 0.480 e. The lowest BCUT2D eigenvalue weighted by molar-refractivity contribution is -0.161. The molecule has 13 heteroatoms. The van der Waals surface area contributed by atoms with E-state index in [4.69, 9.17) is 24.3 Å². The number of unbranched alkanes of at least 4 members (excludes halogenated alkanes) is 1. The normalized spacial score (nSPS) is 17.6. The third-order valence-electron chi connectivity index (χ3n) is 7.18. The maximum atomic E-state index is 14.9. The van der Waals surface area contributed by atoms with E-state index in [9.17, 15) is 28.8 Å². The average molecular weight is 647 g/mol. The molecule has 0 radical (unpaired) electrons. The number of nitrogens with zero attached hydrogens (tertiary/aromatic N) is 1. The molecule has 12 nitrogen and oxygen atoms in total. The Morgan fingerprint density at radius 1 is 1.02 bits per heavy atom. The van der Waals surface area contributed by atoms with E-state index in [0.717, 1.165) is 0 Å². The van der Waals surface area contributed by atoms with Crippen molar-refractivity contribution in [2.75, 3.05) is 19.9 Å². The van der Waals surface area contributed by atoms with Gasteiger partial charge in [-0.05, 0) is 77.1 Å². The van der Waals surface area contributed by atoms with Crippen molar-refractivity contribution in [3.63, 3.8) is 0 Å². The van der Waals surface area contributed by atoms with Crippen LogP contribution in [-0.4, -0.2) is 71.7 Å². The Kier molecular flexibility index (Phi) is 13.3. The van der Waals surface area contributed by atoms with Gasteiger partial charge in [0.15, 0.2) is 0 Å². The van der Waals surface area contributed by atoms with Crippen LogP contribution in [0.1, 0.15) is 68.8 Å². The van der Waals surface area contributed by atoms with Gasteiger partial charge in [0.25, 0.3) is 5.91 Å². The van der Waals surface area contributed by atoms with Crippen LogP contribution in [0.2, 0.25) is 0 Å². The third kappa shape index (κ3) is 10.5. The van der Waals surface area contributed by atoms with E-state index in [0.29, 0.717) is 31.4 Å². The number of amides is 1. The molecule has 2 unspecified atom stereocenters. The molecule has 3 rings (SSSR count). The van der Waals surface area contributed by atoms with Gasteiger partial charge in [-0.3, -0.25) is 23.2 Å². The first-order valence-corrected chi connectivity index (χ1v) is 16.6.